The van der Waals surface area contributed by atoms with Crippen LogP contribution in [0.5, 0.6) is 0 Å². The predicted octanol–water partition coefficient (Wildman–Crippen LogP) is 4.13. The van der Waals surface area contributed by atoms with Crippen molar-refractivity contribution in [3.8, 4) is 0 Å². The third kappa shape index (κ3) is 4.61. The van der Waals surface area contributed by atoms with Crippen molar-refractivity contribution in [1.29, 1.82) is 0 Å². The second-order valence-corrected chi connectivity index (χ2v) is 6.42. The molecule has 0 bridgehead atoms. The molecule has 130 valence electrons. The second-order valence-electron chi connectivity index (χ2n) is 5.10. The van der Waals surface area contributed by atoms with Gasteiger partial charge in [0.1, 0.15) is 5.69 Å². The zero-order chi connectivity index (χ0) is 15.5. The molecule has 2 aromatic rings. The fourth-order valence-corrected chi connectivity index (χ4v) is 3.12. The number of aromatic nitrogens is 1. The highest BCUT2D eigenvalue weighted by Gasteiger charge is 2.30. The molecule has 1 fully saturated rings. The molecule has 1 saturated heterocycles. The molecule has 1 amide bonds. The number of amides is 1. The maximum atomic E-state index is 12.8. The fraction of sp³-hybridized carbons (Fsp3) is 0.250. The number of hydrogen-bond donors (Lipinski definition) is 1. The third-order valence-corrected chi connectivity index (χ3v) is 4.53. The Labute approximate surface area is 166 Å². The molecule has 2 heterocycles. The smallest absolute Gasteiger partial charge is 0.273 e. The van der Waals surface area contributed by atoms with Gasteiger partial charge in [0.15, 0.2) is 0 Å². The molecule has 1 atom stereocenters. The van der Waals surface area contributed by atoms with E-state index in [4.69, 9.17) is 11.6 Å². The molecular formula is C16H17BrCl3N3O. The number of hydrogen-bond acceptors (Lipinski definition) is 3. The number of nitrogens with zero attached hydrogens (tertiary/aromatic N) is 2. The van der Waals surface area contributed by atoms with Gasteiger partial charge in [0.2, 0.25) is 0 Å². The average molecular weight is 454 g/mol. The number of pyridine rings is 1. The minimum absolute atomic E-state index is 0. The maximum Gasteiger partial charge on any atom is 0.273 e. The first-order valence-electron chi connectivity index (χ1n) is 7.04. The van der Waals surface area contributed by atoms with Gasteiger partial charge in [0.05, 0.1) is 6.04 Å². The van der Waals surface area contributed by atoms with E-state index in [0.29, 0.717) is 23.8 Å². The Balaban J connectivity index is 0.00000144. The molecular weight excluding hydrogens is 436 g/mol. The van der Waals surface area contributed by atoms with Crippen LogP contribution in [0.4, 0.5) is 0 Å². The molecule has 1 unspecified atom stereocenters. The van der Waals surface area contributed by atoms with Gasteiger partial charge in [-0.2, -0.15) is 0 Å². The van der Waals surface area contributed by atoms with E-state index in [9.17, 15) is 4.79 Å². The molecule has 0 aliphatic carbocycles. The summed E-state index contributed by atoms with van der Waals surface area (Å²) in [6, 6.07) is 11.1. The molecule has 0 spiro atoms. The number of piperazine rings is 1. The van der Waals surface area contributed by atoms with Crippen LogP contribution in [0.15, 0.2) is 47.1 Å². The topological polar surface area (TPSA) is 45.2 Å². The fourth-order valence-electron chi connectivity index (χ4n) is 2.62. The molecule has 1 aliphatic heterocycles. The van der Waals surface area contributed by atoms with Gasteiger partial charge >= 0.3 is 0 Å². The number of halogens is 4. The zero-order valence-corrected chi connectivity index (χ0v) is 16.6. The summed E-state index contributed by atoms with van der Waals surface area (Å²) in [5.41, 5.74) is 1.41. The van der Waals surface area contributed by atoms with Crippen LogP contribution in [0.2, 0.25) is 5.02 Å². The number of benzene rings is 1. The molecule has 1 aromatic carbocycles. The molecule has 8 heteroatoms. The summed E-state index contributed by atoms with van der Waals surface area (Å²) in [5.74, 6) is -0.0704. The molecule has 1 N–H and O–H groups in total. The largest absolute Gasteiger partial charge is 0.328 e. The zero-order valence-electron chi connectivity index (χ0n) is 12.6. The summed E-state index contributed by atoms with van der Waals surface area (Å²) < 4.78 is 0.854. The van der Waals surface area contributed by atoms with Gasteiger partial charge in [-0.3, -0.25) is 4.79 Å². The predicted molar refractivity (Wildman–Crippen MR) is 105 cm³/mol. The van der Waals surface area contributed by atoms with E-state index in [0.717, 1.165) is 16.6 Å². The van der Waals surface area contributed by atoms with Crippen molar-refractivity contribution in [2.45, 2.75) is 6.04 Å². The number of nitrogens with one attached hydrogen (secondary N) is 1. The van der Waals surface area contributed by atoms with Gasteiger partial charge in [-0.1, -0.05) is 29.8 Å². The Morgan fingerprint density at radius 3 is 2.67 bits per heavy atom. The van der Waals surface area contributed by atoms with Crippen molar-refractivity contribution in [2.24, 2.45) is 0 Å². The van der Waals surface area contributed by atoms with Gasteiger partial charge in [0, 0.05) is 35.3 Å². The highest BCUT2D eigenvalue weighted by molar-refractivity contribution is 9.10. The van der Waals surface area contributed by atoms with Gasteiger partial charge < -0.3 is 10.2 Å². The van der Waals surface area contributed by atoms with E-state index in [1.807, 2.05) is 35.2 Å². The molecule has 4 nitrogen and oxygen atoms in total. The Morgan fingerprint density at radius 2 is 2.00 bits per heavy atom. The standard InChI is InChI=1S/C16H15BrClN3O.2ClH/c17-11-5-6-14(20-9-11)16(22)21-8-7-19-10-15(21)12-3-1-2-4-13(12)18;;/h1-6,9,15,19H,7-8,10H2;2*1H. The quantitative estimate of drug-likeness (QED) is 0.744. The van der Waals surface area contributed by atoms with Crippen LogP contribution in [-0.4, -0.2) is 35.4 Å². The van der Waals surface area contributed by atoms with E-state index in [-0.39, 0.29) is 36.8 Å². The van der Waals surface area contributed by atoms with Crippen LogP contribution >= 0.6 is 52.3 Å². The monoisotopic (exact) mass is 451 g/mol. The van der Waals surface area contributed by atoms with E-state index in [1.54, 1.807) is 12.3 Å². The van der Waals surface area contributed by atoms with Crippen LogP contribution in [0.1, 0.15) is 22.1 Å². The van der Waals surface area contributed by atoms with Crippen molar-refractivity contribution < 1.29 is 4.79 Å². The lowest BCUT2D eigenvalue weighted by Gasteiger charge is -2.36. The molecule has 1 aromatic heterocycles. The number of rotatable bonds is 2. The van der Waals surface area contributed by atoms with Crippen LogP contribution < -0.4 is 5.32 Å². The van der Waals surface area contributed by atoms with Crippen LogP contribution in [0.25, 0.3) is 0 Å². The summed E-state index contributed by atoms with van der Waals surface area (Å²) >= 11 is 9.64. The Bertz CT molecular complexity index is 685. The Morgan fingerprint density at radius 1 is 1.25 bits per heavy atom. The number of carbonyl (C=O) groups is 1. The highest BCUT2D eigenvalue weighted by atomic mass is 79.9. The highest BCUT2D eigenvalue weighted by Crippen LogP contribution is 2.29. The van der Waals surface area contributed by atoms with E-state index in [2.05, 4.69) is 26.2 Å². The molecule has 0 saturated carbocycles. The summed E-state index contributed by atoms with van der Waals surface area (Å²) in [5, 5.41) is 4.00. The van der Waals surface area contributed by atoms with Crippen LogP contribution in [0.3, 0.4) is 0 Å². The number of carbonyl (C=O) groups excluding carboxylic acids is 1. The van der Waals surface area contributed by atoms with Crippen LogP contribution in [-0.2, 0) is 0 Å². The maximum absolute atomic E-state index is 12.8. The van der Waals surface area contributed by atoms with E-state index in [1.165, 1.54) is 0 Å². The minimum Gasteiger partial charge on any atom is -0.328 e. The Kier molecular flexibility index (Phi) is 8.46. The van der Waals surface area contributed by atoms with Crippen molar-refractivity contribution >= 4 is 58.3 Å². The molecule has 24 heavy (non-hydrogen) atoms. The van der Waals surface area contributed by atoms with E-state index < -0.39 is 0 Å². The molecule has 1 aliphatic rings. The van der Waals surface area contributed by atoms with Gasteiger partial charge in [0.25, 0.3) is 5.91 Å². The lowest BCUT2D eigenvalue weighted by atomic mass is 10.0. The lowest BCUT2D eigenvalue weighted by molar-refractivity contribution is 0.0628. The van der Waals surface area contributed by atoms with Crippen molar-refractivity contribution in [3.05, 3.63) is 63.3 Å². The Hall–Kier alpha value is -0.850. The second kappa shape index (κ2) is 9.59. The van der Waals surface area contributed by atoms with Gasteiger partial charge in [-0.25, -0.2) is 4.98 Å². The lowest BCUT2D eigenvalue weighted by Crippen LogP contribution is -2.49. The van der Waals surface area contributed by atoms with E-state index >= 15 is 0 Å². The van der Waals surface area contributed by atoms with Crippen molar-refractivity contribution in [2.75, 3.05) is 19.6 Å². The average Bonchev–Trinajstić information content (AvgIpc) is 2.55. The summed E-state index contributed by atoms with van der Waals surface area (Å²) in [7, 11) is 0. The first-order valence-corrected chi connectivity index (χ1v) is 8.21. The normalized spacial score (nSPS) is 16.8. The van der Waals surface area contributed by atoms with Crippen LogP contribution in [0, 0.1) is 0 Å². The molecule has 3 rings (SSSR count). The van der Waals surface area contributed by atoms with Crippen molar-refractivity contribution in [1.82, 2.24) is 15.2 Å². The first-order chi connectivity index (χ1) is 10.7. The molecule has 0 radical (unpaired) electrons. The third-order valence-electron chi connectivity index (χ3n) is 3.71. The summed E-state index contributed by atoms with van der Waals surface area (Å²) in [6.45, 7) is 2.09. The van der Waals surface area contributed by atoms with Gasteiger partial charge in [-0.15, -0.1) is 24.8 Å². The summed E-state index contributed by atoms with van der Waals surface area (Å²) in [6.07, 6.45) is 1.64. The first kappa shape index (κ1) is 21.2. The SMILES string of the molecule is Cl.Cl.O=C(c1ccc(Br)cn1)N1CCNCC1c1ccccc1Cl. The minimum atomic E-state index is -0.0830. The summed E-state index contributed by atoms with van der Waals surface area (Å²) in [4.78, 5) is 18.8. The van der Waals surface area contributed by atoms with Gasteiger partial charge in [-0.05, 0) is 39.7 Å². The van der Waals surface area contributed by atoms with Crippen molar-refractivity contribution in [3.63, 3.8) is 0 Å².